The van der Waals surface area contributed by atoms with E-state index in [1.165, 1.54) is 0 Å². The summed E-state index contributed by atoms with van der Waals surface area (Å²) in [5.74, 6) is 0.389. The Morgan fingerprint density at radius 1 is 1.56 bits per heavy atom. The molecule has 1 saturated carbocycles. The van der Waals surface area contributed by atoms with Gasteiger partial charge in [-0.25, -0.2) is 4.98 Å². The van der Waals surface area contributed by atoms with Gasteiger partial charge in [0, 0.05) is 12.6 Å². The van der Waals surface area contributed by atoms with Gasteiger partial charge in [0.05, 0.1) is 0 Å². The molecule has 0 radical (unpaired) electrons. The summed E-state index contributed by atoms with van der Waals surface area (Å²) in [6, 6.07) is 5.58. The van der Waals surface area contributed by atoms with Crippen molar-refractivity contribution in [1.82, 2.24) is 9.88 Å². The minimum absolute atomic E-state index is 0. The molecule has 0 aliphatic heterocycles. The van der Waals surface area contributed by atoms with Crippen molar-refractivity contribution in [3.8, 4) is 0 Å². The maximum Gasteiger partial charge on any atom is 0.272 e. The van der Waals surface area contributed by atoms with Crippen molar-refractivity contribution in [2.45, 2.75) is 25.8 Å². The number of halogens is 1. The first kappa shape index (κ1) is 12.8. The molecule has 88 valence electrons. The molecule has 1 aromatic heterocycles. The largest absolute Gasteiger partial charge is 0.384 e. The van der Waals surface area contributed by atoms with Gasteiger partial charge in [0.15, 0.2) is 0 Å². The number of amides is 1. The number of pyridine rings is 1. The number of aromatic nitrogens is 1. The number of rotatable bonds is 3. The van der Waals surface area contributed by atoms with Crippen molar-refractivity contribution in [1.29, 1.82) is 0 Å². The lowest BCUT2D eigenvalue weighted by Gasteiger charge is -2.19. The summed E-state index contributed by atoms with van der Waals surface area (Å²) in [7, 11) is 0. The van der Waals surface area contributed by atoms with Crippen LogP contribution in [0.2, 0.25) is 0 Å². The Kier molecular flexibility index (Phi) is 4.12. The highest BCUT2D eigenvalue weighted by Crippen LogP contribution is 2.27. The van der Waals surface area contributed by atoms with Gasteiger partial charge in [0.25, 0.3) is 5.91 Å². The van der Waals surface area contributed by atoms with E-state index in [9.17, 15) is 4.79 Å². The standard InChI is InChI=1S/C11H15N3O.ClH/c1-2-14(8-6-7-8)11(15)9-4-3-5-10(12)13-9;/h3-5,8H,2,6-7H2,1H3,(H2,12,13);1H. The van der Waals surface area contributed by atoms with E-state index < -0.39 is 0 Å². The average Bonchev–Trinajstić information content (AvgIpc) is 3.03. The lowest BCUT2D eigenvalue weighted by atomic mass is 10.3. The van der Waals surface area contributed by atoms with Gasteiger partial charge < -0.3 is 10.6 Å². The third-order valence-corrected chi connectivity index (χ3v) is 2.58. The van der Waals surface area contributed by atoms with Gasteiger partial charge in [-0.2, -0.15) is 0 Å². The van der Waals surface area contributed by atoms with Crippen LogP contribution in [0.4, 0.5) is 5.82 Å². The minimum atomic E-state index is -0.00713. The number of hydrogen-bond donors (Lipinski definition) is 1. The van der Waals surface area contributed by atoms with Gasteiger partial charge >= 0.3 is 0 Å². The molecule has 5 heteroatoms. The van der Waals surface area contributed by atoms with Crippen LogP contribution in [0.15, 0.2) is 18.2 Å². The molecule has 1 aromatic rings. The molecule has 16 heavy (non-hydrogen) atoms. The quantitative estimate of drug-likeness (QED) is 0.877. The molecule has 1 amide bonds. The van der Waals surface area contributed by atoms with E-state index in [0.717, 1.165) is 19.4 Å². The molecule has 4 nitrogen and oxygen atoms in total. The van der Waals surface area contributed by atoms with Gasteiger partial charge in [-0.1, -0.05) is 6.07 Å². The highest BCUT2D eigenvalue weighted by Gasteiger charge is 2.32. The zero-order valence-corrected chi connectivity index (χ0v) is 10.0. The van der Waals surface area contributed by atoms with Crippen molar-refractivity contribution < 1.29 is 4.79 Å². The molecule has 2 N–H and O–H groups in total. The maximum atomic E-state index is 12.0. The molecular weight excluding hydrogens is 226 g/mol. The summed E-state index contributed by atoms with van der Waals surface area (Å²) >= 11 is 0. The monoisotopic (exact) mass is 241 g/mol. The lowest BCUT2D eigenvalue weighted by Crippen LogP contribution is -2.33. The Balaban J connectivity index is 0.00000128. The van der Waals surface area contributed by atoms with Crippen LogP contribution in [-0.4, -0.2) is 28.4 Å². The summed E-state index contributed by atoms with van der Waals surface area (Å²) in [5.41, 5.74) is 6.00. The Morgan fingerprint density at radius 3 is 2.75 bits per heavy atom. The number of nitrogens with zero attached hydrogens (tertiary/aromatic N) is 2. The molecule has 0 spiro atoms. The zero-order chi connectivity index (χ0) is 10.8. The van der Waals surface area contributed by atoms with E-state index in [2.05, 4.69) is 4.98 Å². The predicted octanol–water partition coefficient (Wildman–Crippen LogP) is 1.71. The molecular formula is C11H16ClN3O. The summed E-state index contributed by atoms with van der Waals surface area (Å²) in [6.07, 6.45) is 2.23. The van der Waals surface area contributed by atoms with E-state index in [1.807, 2.05) is 11.8 Å². The third-order valence-electron chi connectivity index (χ3n) is 2.58. The SMILES string of the molecule is CCN(C(=O)c1cccc(N)n1)C1CC1.Cl. The van der Waals surface area contributed by atoms with Crippen LogP contribution in [0.5, 0.6) is 0 Å². The van der Waals surface area contributed by atoms with Crippen LogP contribution in [0.3, 0.4) is 0 Å². The first-order valence-electron chi connectivity index (χ1n) is 5.26. The fourth-order valence-corrected chi connectivity index (χ4v) is 1.67. The topological polar surface area (TPSA) is 59.2 Å². The Bertz CT molecular complexity index is 379. The molecule has 1 aliphatic rings. The predicted molar refractivity (Wildman–Crippen MR) is 65.6 cm³/mol. The smallest absolute Gasteiger partial charge is 0.272 e. The third kappa shape index (κ3) is 2.64. The molecule has 0 atom stereocenters. The van der Waals surface area contributed by atoms with Crippen molar-refractivity contribution in [3.63, 3.8) is 0 Å². The van der Waals surface area contributed by atoms with Crippen molar-refractivity contribution >= 4 is 24.1 Å². The summed E-state index contributed by atoms with van der Waals surface area (Å²) in [5, 5.41) is 0. The van der Waals surface area contributed by atoms with Gasteiger partial charge in [-0.3, -0.25) is 4.79 Å². The van der Waals surface area contributed by atoms with Crippen molar-refractivity contribution in [2.24, 2.45) is 0 Å². The normalized spacial score (nSPS) is 14.1. The first-order valence-corrected chi connectivity index (χ1v) is 5.26. The van der Waals surface area contributed by atoms with E-state index >= 15 is 0 Å². The van der Waals surface area contributed by atoms with Gasteiger partial charge in [0.1, 0.15) is 11.5 Å². The second-order valence-electron chi connectivity index (χ2n) is 3.77. The number of nitrogen functional groups attached to an aromatic ring is 1. The van der Waals surface area contributed by atoms with Crippen LogP contribution in [0, 0.1) is 0 Å². The highest BCUT2D eigenvalue weighted by atomic mass is 35.5. The minimum Gasteiger partial charge on any atom is -0.384 e. The van der Waals surface area contributed by atoms with Gasteiger partial charge in [0.2, 0.25) is 0 Å². The Labute approximate surface area is 101 Å². The van der Waals surface area contributed by atoms with Crippen molar-refractivity contribution in [3.05, 3.63) is 23.9 Å². The Morgan fingerprint density at radius 2 is 2.25 bits per heavy atom. The summed E-state index contributed by atoms with van der Waals surface area (Å²) in [6.45, 7) is 2.72. The van der Waals surface area contributed by atoms with Gasteiger partial charge in [-0.05, 0) is 31.9 Å². The molecule has 0 aromatic carbocycles. The van der Waals surface area contributed by atoms with E-state index in [1.54, 1.807) is 18.2 Å². The lowest BCUT2D eigenvalue weighted by molar-refractivity contribution is 0.0747. The fourth-order valence-electron chi connectivity index (χ4n) is 1.67. The maximum absolute atomic E-state index is 12.0. The molecule has 1 aliphatic carbocycles. The average molecular weight is 242 g/mol. The number of carbonyl (C=O) groups is 1. The van der Waals surface area contributed by atoms with Crippen LogP contribution < -0.4 is 5.73 Å². The summed E-state index contributed by atoms with van der Waals surface area (Å²) in [4.78, 5) is 17.9. The zero-order valence-electron chi connectivity index (χ0n) is 9.22. The van der Waals surface area contributed by atoms with Crippen LogP contribution >= 0.6 is 12.4 Å². The van der Waals surface area contributed by atoms with Gasteiger partial charge in [-0.15, -0.1) is 12.4 Å². The van der Waals surface area contributed by atoms with Crippen molar-refractivity contribution in [2.75, 3.05) is 12.3 Å². The first-order chi connectivity index (χ1) is 7.22. The second-order valence-corrected chi connectivity index (χ2v) is 3.77. The van der Waals surface area contributed by atoms with Crippen LogP contribution in [-0.2, 0) is 0 Å². The second kappa shape index (κ2) is 5.16. The molecule has 0 unspecified atom stereocenters. The molecule has 1 heterocycles. The summed E-state index contributed by atoms with van der Waals surface area (Å²) < 4.78 is 0. The molecule has 0 saturated heterocycles. The number of anilines is 1. The van der Waals surface area contributed by atoms with E-state index in [-0.39, 0.29) is 18.3 Å². The van der Waals surface area contributed by atoms with E-state index in [0.29, 0.717) is 17.6 Å². The number of nitrogens with two attached hydrogens (primary N) is 1. The number of carbonyl (C=O) groups excluding carboxylic acids is 1. The van der Waals surface area contributed by atoms with E-state index in [4.69, 9.17) is 5.73 Å². The van der Waals surface area contributed by atoms with Crippen LogP contribution in [0.1, 0.15) is 30.3 Å². The highest BCUT2D eigenvalue weighted by molar-refractivity contribution is 5.93. The molecule has 2 rings (SSSR count). The molecule has 1 fully saturated rings. The fraction of sp³-hybridized carbons (Fsp3) is 0.455. The molecule has 0 bridgehead atoms. The number of hydrogen-bond acceptors (Lipinski definition) is 3. The Hall–Kier alpha value is -1.29. The van der Waals surface area contributed by atoms with Crippen LogP contribution in [0.25, 0.3) is 0 Å².